The van der Waals surface area contributed by atoms with Crippen LogP contribution in [-0.4, -0.2) is 0 Å². The number of aryl methyl sites for hydroxylation is 1. The van der Waals surface area contributed by atoms with E-state index < -0.39 is 0 Å². The van der Waals surface area contributed by atoms with Gasteiger partial charge >= 0.3 is 0 Å². The number of azide groups is 1. The van der Waals surface area contributed by atoms with E-state index in [0.717, 1.165) is 0 Å². The molecule has 0 radical (unpaired) electrons. The molecule has 3 nitrogen and oxygen atoms in total. The van der Waals surface area contributed by atoms with Crippen molar-refractivity contribution in [3.63, 3.8) is 0 Å². The molecule has 0 aromatic heterocycles. The Kier molecular flexibility index (Phi) is 5.24. The van der Waals surface area contributed by atoms with E-state index in [1.54, 1.807) is 12.1 Å². The quantitative estimate of drug-likeness (QED) is 0.375. The van der Waals surface area contributed by atoms with Crippen molar-refractivity contribution in [3.05, 3.63) is 76.7 Å². The molecule has 0 saturated carbocycles. The Balaban J connectivity index is 0.000000165. The van der Waals surface area contributed by atoms with E-state index >= 15 is 0 Å². The molecule has 2 aromatic rings. The second-order valence-electron chi connectivity index (χ2n) is 3.18. The van der Waals surface area contributed by atoms with Crippen LogP contribution in [0.5, 0.6) is 0 Å². The summed E-state index contributed by atoms with van der Waals surface area (Å²) in [6.45, 7) is 2.08. The summed E-state index contributed by atoms with van der Waals surface area (Å²) in [6, 6.07) is 19.3. The zero-order valence-electron chi connectivity index (χ0n) is 9.12. The van der Waals surface area contributed by atoms with Gasteiger partial charge in [-0.05, 0) is 12.5 Å². The number of hydrogen-bond donors (Lipinski definition) is 0. The van der Waals surface area contributed by atoms with E-state index in [-0.39, 0.29) is 0 Å². The Morgan fingerprint density at radius 3 is 1.75 bits per heavy atom. The highest BCUT2D eigenvalue weighted by molar-refractivity contribution is 5.35. The summed E-state index contributed by atoms with van der Waals surface area (Å²) >= 11 is 0. The lowest BCUT2D eigenvalue weighted by atomic mass is 10.2. The van der Waals surface area contributed by atoms with Crippen LogP contribution in [0.15, 0.2) is 65.8 Å². The molecule has 0 N–H and O–H groups in total. The Labute approximate surface area is 95.0 Å². The smallest absolute Gasteiger partial charge is 0.0375 e. The molecule has 0 amide bonds. The van der Waals surface area contributed by atoms with Crippen molar-refractivity contribution in [1.82, 2.24) is 0 Å². The van der Waals surface area contributed by atoms with Gasteiger partial charge in [0.2, 0.25) is 0 Å². The third-order valence-corrected chi connectivity index (χ3v) is 1.86. The minimum atomic E-state index is 0.653. The van der Waals surface area contributed by atoms with Gasteiger partial charge in [0, 0.05) is 10.6 Å². The van der Waals surface area contributed by atoms with E-state index in [2.05, 4.69) is 29.1 Å². The second-order valence-corrected chi connectivity index (χ2v) is 3.18. The molecule has 0 saturated heterocycles. The summed E-state index contributed by atoms with van der Waals surface area (Å²) in [7, 11) is 0. The lowest BCUT2D eigenvalue weighted by Crippen LogP contribution is -1.62. The molecule has 0 aliphatic heterocycles. The summed E-state index contributed by atoms with van der Waals surface area (Å²) in [5.74, 6) is 0. The van der Waals surface area contributed by atoms with Crippen LogP contribution in [0, 0.1) is 6.92 Å². The van der Waals surface area contributed by atoms with Gasteiger partial charge in [-0.3, -0.25) is 0 Å². The van der Waals surface area contributed by atoms with Gasteiger partial charge in [0.15, 0.2) is 0 Å². The number of nitrogens with zero attached hydrogens (tertiary/aromatic N) is 3. The van der Waals surface area contributed by atoms with Crippen molar-refractivity contribution in [3.8, 4) is 0 Å². The van der Waals surface area contributed by atoms with E-state index in [4.69, 9.17) is 5.53 Å². The first kappa shape index (κ1) is 11.8. The van der Waals surface area contributed by atoms with Crippen LogP contribution >= 0.6 is 0 Å². The van der Waals surface area contributed by atoms with Crippen LogP contribution in [0.4, 0.5) is 5.69 Å². The predicted molar refractivity (Wildman–Crippen MR) is 66.4 cm³/mol. The van der Waals surface area contributed by atoms with Crippen LogP contribution in [0.1, 0.15) is 5.56 Å². The van der Waals surface area contributed by atoms with Gasteiger partial charge in [-0.1, -0.05) is 71.3 Å². The molecule has 0 unspecified atom stereocenters. The van der Waals surface area contributed by atoms with Crippen molar-refractivity contribution in [2.24, 2.45) is 5.11 Å². The molecule has 2 rings (SSSR count). The second kappa shape index (κ2) is 7.10. The minimum absolute atomic E-state index is 0.653. The first-order valence-electron chi connectivity index (χ1n) is 4.94. The third kappa shape index (κ3) is 4.84. The molecule has 0 aliphatic carbocycles. The third-order valence-electron chi connectivity index (χ3n) is 1.86. The molecular formula is C13H13N3. The van der Waals surface area contributed by atoms with Crippen molar-refractivity contribution in [1.29, 1.82) is 0 Å². The van der Waals surface area contributed by atoms with Crippen LogP contribution in [0.3, 0.4) is 0 Å². The largest absolute Gasteiger partial charge is 0.0622 e. The van der Waals surface area contributed by atoms with Crippen molar-refractivity contribution >= 4 is 5.69 Å². The summed E-state index contributed by atoms with van der Waals surface area (Å²) in [4.78, 5) is 2.63. The molecule has 3 heteroatoms. The maximum atomic E-state index is 7.98. The van der Waals surface area contributed by atoms with Crippen molar-refractivity contribution in [2.45, 2.75) is 6.92 Å². The maximum absolute atomic E-state index is 7.98. The topological polar surface area (TPSA) is 48.8 Å². The zero-order chi connectivity index (χ0) is 11.6. The van der Waals surface area contributed by atoms with E-state index in [1.807, 2.05) is 36.4 Å². The fourth-order valence-electron chi connectivity index (χ4n) is 1.08. The van der Waals surface area contributed by atoms with E-state index in [0.29, 0.717) is 5.69 Å². The molecule has 0 aliphatic rings. The molecule has 0 fully saturated rings. The molecule has 0 spiro atoms. The highest BCUT2D eigenvalue weighted by Gasteiger charge is 1.79. The average Bonchev–Trinajstić information content (AvgIpc) is 2.33. The van der Waals surface area contributed by atoms with Gasteiger partial charge in [-0.2, -0.15) is 0 Å². The molecule has 0 atom stereocenters. The van der Waals surface area contributed by atoms with Crippen molar-refractivity contribution < 1.29 is 0 Å². The van der Waals surface area contributed by atoms with Crippen LogP contribution in [0.2, 0.25) is 0 Å². The van der Waals surface area contributed by atoms with Gasteiger partial charge in [0.1, 0.15) is 0 Å². The Morgan fingerprint density at radius 1 is 0.875 bits per heavy atom. The summed E-state index contributed by atoms with van der Waals surface area (Å²) in [5, 5.41) is 3.39. The fourth-order valence-corrected chi connectivity index (χ4v) is 1.08. The molecule has 0 bridgehead atoms. The van der Waals surface area contributed by atoms with Crippen LogP contribution in [-0.2, 0) is 0 Å². The summed E-state index contributed by atoms with van der Waals surface area (Å²) in [6.07, 6.45) is 0. The Hall–Kier alpha value is -2.25. The van der Waals surface area contributed by atoms with Crippen LogP contribution < -0.4 is 0 Å². The highest BCUT2D eigenvalue weighted by Crippen LogP contribution is 2.08. The van der Waals surface area contributed by atoms with Gasteiger partial charge in [-0.25, -0.2) is 0 Å². The fraction of sp³-hybridized carbons (Fsp3) is 0.0769. The van der Waals surface area contributed by atoms with Gasteiger partial charge in [-0.15, -0.1) is 0 Å². The summed E-state index contributed by atoms with van der Waals surface area (Å²) in [5.41, 5.74) is 9.95. The number of hydrogen-bond acceptors (Lipinski definition) is 1. The molecule has 0 heterocycles. The predicted octanol–water partition coefficient (Wildman–Crippen LogP) is 4.62. The Morgan fingerprint density at radius 2 is 1.38 bits per heavy atom. The van der Waals surface area contributed by atoms with E-state index in [9.17, 15) is 0 Å². The SMILES string of the molecule is Cc1ccccc1.[N-]=[N+]=Nc1ccccc1. The zero-order valence-corrected chi connectivity index (χ0v) is 9.12. The van der Waals surface area contributed by atoms with Crippen LogP contribution in [0.25, 0.3) is 10.4 Å². The highest BCUT2D eigenvalue weighted by atomic mass is 15.1. The Bertz CT molecular complexity index is 445. The lowest BCUT2D eigenvalue weighted by molar-refractivity contribution is 1.48. The number of rotatable bonds is 1. The molecule has 80 valence electrons. The van der Waals surface area contributed by atoms with Gasteiger partial charge in [0.05, 0.1) is 0 Å². The lowest BCUT2D eigenvalue weighted by Gasteiger charge is -1.83. The minimum Gasteiger partial charge on any atom is -0.0622 e. The molecule has 16 heavy (non-hydrogen) atoms. The standard InChI is InChI=1S/C7H8.C6H5N3/c1-7-5-3-2-4-6-7;7-9-8-6-4-2-1-3-5-6/h2-6H,1H3;1-5H. The van der Waals surface area contributed by atoms with Gasteiger partial charge in [0.25, 0.3) is 0 Å². The molecule has 2 aromatic carbocycles. The normalized spacial score (nSPS) is 8.31. The van der Waals surface area contributed by atoms with E-state index in [1.165, 1.54) is 5.56 Å². The summed E-state index contributed by atoms with van der Waals surface area (Å²) < 4.78 is 0. The monoisotopic (exact) mass is 211 g/mol. The first-order valence-corrected chi connectivity index (χ1v) is 4.94. The van der Waals surface area contributed by atoms with Crippen molar-refractivity contribution in [2.75, 3.05) is 0 Å². The van der Waals surface area contributed by atoms with Gasteiger partial charge < -0.3 is 0 Å². The maximum Gasteiger partial charge on any atom is 0.0375 e. The molecular weight excluding hydrogens is 198 g/mol. The number of benzene rings is 2. The first-order chi connectivity index (χ1) is 7.83. The average molecular weight is 211 g/mol.